The number of aromatic nitrogens is 3. The van der Waals surface area contributed by atoms with Crippen LogP contribution in [0.25, 0.3) is 22.4 Å². The van der Waals surface area contributed by atoms with E-state index in [1.54, 1.807) is 0 Å². The molecule has 0 spiro atoms. The highest BCUT2D eigenvalue weighted by molar-refractivity contribution is 5.76. The van der Waals surface area contributed by atoms with Gasteiger partial charge < -0.3 is 4.57 Å². The molecule has 84 valence electrons. The van der Waals surface area contributed by atoms with E-state index in [4.69, 9.17) is 0 Å². The van der Waals surface area contributed by atoms with Crippen LogP contribution in [-0.2, 0) is 7.05 Å². The fourth-order valence-electron chi connectivity index (χ4n) is 1.95. The Balaban J connectivity index is 2.23. The highest BCUT2D eigenvalue weighted by atomic mass is 15.1. The van der Waals surface area contributed by atoms with Crippen LogP contribution in [0.1, 0.15) is 5.82 Å². The number of fused-ring (bicyclic) bond motifs is 1. The smallest absolute Gasteiger partial charge is 0.160 e. The Morgan fingerprint density at radius 3 is 2.47 bits per heavy atom. The molecule has 0 aliphatic carbocycles. The quantitative estimate of drug-likeness (QED) is 0.635. The van der Waals surface area contributed by atoms with Crippen LogP contribution >= 0.6 is 0 Å². The maximum atomic E-state index is 4.67. The van der Waals surface area contributed by atoms with E-state index in [1.807, 2.05) is 48.9 Å². The molecule has 0 aliphatic rings. The number of nitrogens with zero attached hydrogens (tertiary/aromatic N) is 3. The average Bonchev–Trinajstić information content (AvgIpc) is 2.66. The van der Waals surface area contributed by atoms with Gasteiger partial charge in [-0.2, -0.15) is 0 Å². The van der Waals surface area contributed by atoms with E-state index in [2.05, 4.69) is 22.1 Å². The molecule has 0 bridgehead atoms. The largest absolute Gasteiger partial charge is 0.316 e. The first-order valence-electron chi connectivity index (χ1n) is 5.61. The van der Waals surface area contributed by atoms with Crippen molar-refractivity contribution in [3.05, 3.63) is 48.3 Å². The van der Waals surface area contributed by atoms with Gasteiger partial charge in [-0.05, 0) is 19.1 Å². The maximum absolute atomic E-state index is 4.67. The molecule has 1 aromatic carbocycles. The van der Waals surface area contributed by atoms with Crippen LogP contribution in [0.2, 0.25) is 0 Å². The van der Waals surface area contributed by atoms with Gasteiger partial charge in [0.1, 0.15) is 11.3 Å². The lowest BCUT2D eigenvalue weighted by molar-refractivity contribution is 0.874. The van der Waals surface area contributed by atoms with Crippen LogP contribution in [0.5, 0.6) is 0 Å². The van der Waals surface area contributed by atoms with Gasteiger partial charge in [-0.3, -0.25) is 0 Å². The van der Waals surface area contributed by atoms with Crippen molar-refractivity contribution < 1.29 is 0 Å². The van der Waals surface area contributed by atoms with Crippen molar-refractivity contribution in [2.45, 2.75) is 6.92 Å². The molecule has 0 amide bonds. The third-order valence-electron chi connectivity index (χ3n) is 3.01. The number of benzene rings is 1. The number of hydrogen-bond donors (Lipinski definition) is 0. The zero-order chi connectivity index (χ0) is 11.8. The molecule has 3 rings (SSSR count). The van der Waals surface area contributed by atoms with E-state index in [-0.39, 0.29) is 0 Å². The minimum Gasteiger partial charge on any atom is -0.316 e. The molecule has 3 aromatic rings. The summed E-state index contributed by atoms with van der Waals surface area (Å²) in [6.07, 6.45) is 0. The molecule has 0 atom stereocenters. The van der Waals surface area contributed by atoms with E-state index in [1.165, 1.54) is 0 Å². The predicted octanol–water partition coefficient (Wildman–Crippen LogP) is 2.94. The zero-order valence-electron chi connectivity index (χ0n) is 9.88. The lowest BCUT2D eigenvalue weighted by Gasteiger charge is -2.01. The van der Waals surface area contributed by atoms with Crippen molar-refractivity contribution >= 4 is 11.2 Å². The fraction of sp³-hybridized carbons (Fsp3) is 0.143. The second-order valence-electron chi connectivity index (χ2n) is 4.12. The third-order valence-corrected chi connectivity index (χ3v) is 3.01. The molecular weight excluding hydrogens is 210 g/mol. The first kappa shape index (κ1) is 10.0. The zero-order valence-corrected chi connectivity index (χ0v) is 9.88. The van der Waals surface area contributed by atoms with E-state index in [0.29, 0.717) is 0 Å². The maximum Gasteiger partial charge on any atom is 0.160 e. The van der Waals surface area contributed by atoms with Crippen LogP contribution < -0.4 is 0 Å². The minimum atomic E-state index is 0.934. The number of hydrogen-bond acceptors (Lipinski definition) is 2. The first-order chi connectivity index (χ1) is 8.25. The van der Waals surface area contributed by atoms with Crippen LogP contribution in [-0.4, -0.2) is 14.5 Å². The van der Waals surface area contributed by atoms with E-state index < -0.39 is 0 Å². The van der Waals surface area contributed by atoms with Crippen LogP contribution in [0.4, 0.5) is 0 Å². The molecule has 3 nitrogen and oxygen atoms in total. The molecule has 0 aliphatic heterocycles. The molecule has 0 radical (unpaired) electrons. The van der Waals surface area contributed by atoms with Crippen molar-refractivity contribution in [3.63, 3.8) is 0 Å². The van der Waals surface area contributed by atoms with Gasteiger partial charge >= 0.3 is 0 Å². The Morgan fingerprint density at radius 2 is 1.71 bits per heavy atom. The van der Waals surface area contributed by atoms with Gasteiger partial charge in [0.25, 0.3) is 0 Å². The second-order valence-corrected chi connectivity index (χ2v) is 4.12. The van der Waals surface area contributed by atoms with Gasteiger partial charge in [-0.15, -0.1) is 0 Å². The molecule has 0 unspecified atom stereocenters. The Bertz CT molecular complexity index is 669. The van der Waals surface area contributed by atoms with Crippen molar-refractivity contribution in [2.75, 3.05) is 0 Å². The Kier molecular flexibility index (Phi) is 2.18. The lowest BCUT2D eigenvalue weighted by Crippen LogP contribution is -1.93. The summed E-state index contributed by atoms with van der Waals surface area (Å²) in [7, 11) is 1.99. The average molecular weight is 223 g/mol. The summed E-state index contributed by atoms with van der Waals surface area (Å²) in [5, 5.41) is 0. The van der Waals surface area contributed by atoms with Crippen molar-refractivity contribution in [1.29, 1.82) is 0 Å². The van der Waals surface area contributed by atoms with Gasteiger partial charge in [0.2, 0.25) is 0 Å². The number of imidazole rings is 1. The summed E-state index contributed by atoms with van der Waals surface area (Å²) in [5.41, 5.74) is 4.00. The third kappa shape index (κ3) is 1.60. The highest BCUT2D eigenvalue weighted by Gasteiger charge is 2.07. The van der Waals surface area contributed by atoms with Crippen LogP contribution in [0.15, 0.2) is 42.5 Å². The summed E-state index contributed by atoms with van der Waals surface area (Å²) >= 11 is 0. The topological polar surface area (TPSA) is 30.7 Å². The summed E-state index contributed by atoms with van der Waals surface area (Å²) in [6, 6.07) is 14.2. The standard InChI is InChI=1S/C14H13N3/c1-10-15-13-9-8-12(16-14(13)17(10)2)11-6-4-3-5-7-11/h3-9H,1-2H3. The molecule has 0 saturated carbocycles. The van der Waals surface area contributed by atoms with E-state index in [0.717, 1.165) is 28.2 Å². The Morgan fingerprint density at radius 1 is 0.941 bits per heavy atom. The van der Waals surface area contributed by atoms with E-state index >= 15 is 0 Å². The molecule has 17 heavy (non-hydrogen) atoms. The normalized spacial score (nSPS) is 10.9. The number of rotatable bonds is 1. The summed E-state index contributed by atoms with van der Waals surface area (Å²) in [6.45, 7) is 1.99. The lowest BCUT2D eigenvalue weighted by atomic mass is 10.1. The molecule has 2 heterocycles. The molecule has 2 aromatic heterocycles. The number of aryl methyl sites for hydroxylation is 2. The summed E-state index contributed by atoms with van der Waals surface area (Å²) < 4.78 is 2.02. The van der Waals surface area contributed by atoms with Crippen LogP contribution in [0, 0.1) is 6.92 Å². The molecular formula is C14H13N3. The molecule has 3 heteroatoms. The Hall–Kier alpha value is -2.16. The second kappa shape index (κ2) is 3.70. The SMILES string of the molecule is Cc1nc2ccc(-c3ccccc3)nc2n1C. The summed E-state index contributed by atoms with van der Waals surface area (Å²) in [5.74, 6) is 0.984. The van der Waals surface area contributed by atoms with Gasteiger partial charge in [-0.25, -0.2) is 9.97 Å². The van der Waals surface area contributed by atoms with Crippen LogP contribution in [0.3, 0.4) is 0 Å². The van der Waals surface area contributed by atoms with Crippen molar-refractivity contribution in [1.82, 2.24) is 14.5 Å². The summed E-state index contributed by atoms with van der Waals surface area (Å²) in [4.78, 5) is 9.11. The molecule has 0 saturated heterocycles. The van der Waals surface area contributed by atoms with Gasteiger partial charge in [0, 0.05) is 12.6 Å². The number of pyridine rings is 1. The van der Waals surface area contributed by atoms with Gasteiger partial charge in [-0.1, -0.05) is 30.3 Å². The minimum absolute atomic E-state index is 0.934. The monoisotopic (exact) mass is 223 g/mol. The molecule has 0 fully saturated rings. The fourth-order valence-corrected chi connectivity index (χ4v) is 1.95. The van der Waals surface area contributed by atoms with Crippen molar-refractivity contribution in [3.8, 4) is 11.3 Å². The van der Waals surface area contributed by atoms with Gasteiger partial charge in [0.05, 0.1) is 5.69 Å². The predicted molar refractivity (Wildman–Crippen MR) is 68.7 cm³/mol. The van der Waals surface area contributed by atoms with Crippen molar-refractivity contribution in [2.24, 2.45) is 7.05 Å². The highest BCUT2D eigenvalue weighted by Crippen LogP contribution is 2.20. The molecule has 0 N–H and O–H groups in total. The van der Waals surface area contributed by atoms with E-state index in [9.17, 15) is 0 Å². The first-order valence-corrected chi connectivity index (χ1v) is 5.61. The Labute approximate surface area is 99.8 Å². The van der Waals surface area contributed by atoms with Gasteiger partial charge in [0.15, 0.2) is 5.65 Å².